The van der Waals surface area contributed by atoms with Crippen molar-refractivity contribution in [1.82, 2.24) is 5.32 Å². The van der Waals surface area contributed by atoms with Gasteiger partial charge in [0.15, 0.2) is 0 Å². The molecule has 0 spiro atoms. The van der Waals surface area contributed by atoms with Crippen molar-refractivity contribution >= 4 is 50.7 Å². The number of nitrogens with one attached hydrogen (secondary N) is 1. The van der Waals surface area contributed by atoms with E-state index in [-0.39, 0.29) is 24.5 Å². The van der Waals surface area contributed by atoms with Crippen LogP contribution >= 0.6 is 38.9 Å². The number of halogens is 2. The first-order valence-corrected chi connectivity index (χ1v) is 13.2. The summed E-state index contributed by atoms with van der Waals surface area (Å²) in [6.07, 6.45) is -0.913. The number of amides is 1. The van der Waals surface area contributed by atoms with Crippen molar-refractivity contribution in [2.75, 3.05) is 6.61 Å². The third-order valence-corrected chi connectivity index (χ3v) is 8.12. The highest BCUT2D eigenvalue weighted by Gasteiger charge is 2.60. The normalized spacial score (nSPS) is 25.1. The Labute approximate surface area is 222 Å². The van der Waals surface area contributed by atoms with Crippen LogP contribution in [0.25, 0.3) is 0 Å². The molecule has 0 radical (unpaired) electrons. The second kappa shape index (κ2) is 11.0. The lowest BCUT2D eigenvalue weighted by atomic mass is 9.65. The third kappa shape index (κ3) is 6.25. The van der Waals surface area contributed by atoms with Gasteiger partial charge in [0.2, 0.25) is 5.91 Å². The molecular formula is C25H29BrClN3O4S. The number of nitriles is 1. The molecule has 1 saturated heterocycles. The SMILES string of the molecule is CC(C)(C)C[C@@H]1N[C@@H](C(=O)OC[C@@H](O)CC(N)=O)[C@H](c2cccc(Cl)c2)[C@@]1(C#N)c1cc(Br)cs1. The van der Waals surface area contributed by atoms with E-state index in [9.17, 15) is 20.0 Å². The molecule has 7 nitrogen and oxygen atoms in total. The van der Waals surface area contributed by atoms with E-state index in [1.165, 1.54) is 11.3 Å². The molecule has 1 fully saturated rings. The molecular weight excluding hydrogens is 554 g/mol. The summed E-state index contributed by atoms with van der Waals surface area (Å²) in [5.41, 5.74) is 4.61. The minimum absolute atomic E-state index is 0.149. The van der Waals surface area contributed by atoms with Crippen LogP contribution in [-0.2, 0) is 19.7 Å². The summed E-state index contributed by atoms with van der Waals surface area (Å²) >= 11 is 11.3. The van der Waals surface area contributed by atoms with Crippen molar-refractivity contribution in [2.24, 2.45) is 11.1 Å². The van der Waals surface area contributed by atoms with Crippen molar-refractivity contribution < 1.29 is 19.4 Å². The molecule has 4 N–H and O–H groups in total. The van der Waals surface area contributed by atoms with Gasteiger partial charge in [-0.1, -0.05) is 44.5 Å². The molecule has 2 aromatic rings. The van der Waals surface area contributed by atoms with E-state index >= 15 is 0 Å². The fourth-order valence-corrected chi connectivity index (χ4v) is 6.60. The smallest absolute Gasteiger partial charge is 0.323 e. The highest BCUT2D eigenvalue weighted by Crippen LogP contribution is 2.53. The zero-order valence-corrected chi connectivity index (χ0v) is 22.9. The summed E-state index contributed by atoms with van der Waals surface area (Å²) in [5, 5.41) is 26.6. The molecule has 10 heteroatoms. The highest BCUT2D eigenvalue weighted by atomic mass is 79.9. The van der Waals surface area contributed by atoms with Gasteiger partial charge >= 0.3 is 5.97 Å². The van der Waals surface area contributed by atoms with Gasteiger partial charge in [-0.2, -0.15) is 5.26 Å². The van der Waals surface area contributed by atoms with Crippen LogP contribution in [0.2, 0.25) is 5.02 Å². The molecule has 1 aliphatic heterocycles. The number of aliphatic hydroxyl groups is 1. The molecule has 188 valence electrons. The minimum atomic E-state index is -1.21. The number of nitrogens with zero attached hydrogens (tertiary/aromatic N) is 1. The quantitative estimate of drug-likeness (QED) is 0.399. The maximum absolute atomic E-state index is 13.4. The summed E-state index contributed by atoms with van der Waals surface area (Å²) < 4.78 is 6.27. The van der Waals surface area contributed by atoms with Crippen molar-refractivity contribution in [1.29, 1.82) is 5.26 Å². The number of carbonyl (C=O) groups is 2. The summed E-state index contributed by atoms with van der Waals surface area (Å²) in [4.78, 5) is 25.3. The van der Waals surface area contributed by atoms with Crippen LogP contribution in [0.1, 0.15) is 50.0 Å². The average molecular weight is 583 g/mol. The Morgan fingerprint density at radius 2 is 2.11 bits per heavy atom. The van der Waals surface area contributed by atoms with E-state index < -0.39 is 35.4 Å². The van der Waals surface area contributed by atoms with Gasteiger partial charge in [-0.3, -0.25) is 14.9 Å². The van der Waals surface area contributed by atoms with Crippen LogP contribution in [0.3, 0.4) is 0 Å². The Balaban J connectivity index is 2.11. The molecule has 5 atom stereocenters. The largest absolute Gasteiger partial charge is 0.462 e. The van der Waals surface area contributed by atoms with Gasteiger partial charge in [0.05, 0.1) is 18.6 Å². The maximum Gasteiger partial charge on any atom is 0.323 e. The summed E-state index contributed by atoms with van der Waals surface area (Å²) in [5.74, 6) is -1.93. The van der Waals surface area contributed by atoms with Gasteiger partial charge in [-0.15, -0.1) is 11.3 Å². The molecule has 0 saturated carbocycles. The number of benzene rings is 1. The van der Waals surface area contributed by atoms with Crippen LogP contribution < -0.4 is 11.1 Å². The molecule has 0 aliphatic carbocycles. The molecule has 1 aliphatic rings. The summed E-state index contributed by atoms with van der Waals surface area (Å²) in [6, 6.07) is 10.4. The maximum atomic E-state index is 13.4. The molecule has 1 amide bonds. The topological polar surface area (TPSA) is 125 Å². The molecule has 2 heterocycles. The van der Waals surface area contributed by atoms with Gasteiger partial charge in [0.25, 0.3) is 0 Å². The Morgan fingerprint density at radius 3 is 2.66 bits per heavy atom. The number of thiophene rings is 1. The van der Waals surface area contributed by atoms with E-state index in [0.717, 1.165) is 14.9 Å². The Bertz CT molecular complexity index is 1130. The molecule has 1 aromatic carbocycles. The first kappa shape index (κ1) is 27.6. The standard InChI is InChI=1S/C25H29BrClN3O4S/c1-24(2,3)10-18-25(13-28,19-8-15(26)12-35-19)21(14-5-4-6-16(27)7-14)22(30-18)23(33)34-11-17(31)9-20(29)32/h4-8,12,17-18,21-22,30-31H,9-11H2,1-3H3,(H2,29,32)/t17-,18-,21-,22+,25+/m0/s1. The van der Waals surface area contributed by atoms with Crippen LogP contribution in [0.5, 0.6) is 0 Å². The Morgan fingerprint density at radius 1 is 1.40 bits per heavy atom. The minimum Gasteiger partial charge on any atom is -0.462 e. The van der Waals surface area contributed by atoms with Crippen molar-refractivity contribution in [3.8, 4) is 6.07 Å². The molecule has 1 aromatic heterocycles. The zero-order chi connectivity index (χ0) is 26.0. The van der Waals surface area contributed by atoms with Gasteiger partial charge in [0.1, 0.15) is 18.1 Å². The molecule has 35 heavy (non-hydrogen) atoms. The Hall–Kier alpha value is -1.96. The second-order valence-electron chi connectivity index (χ2n) is 10.1. The number of hydrogen-bond acceptors (Lipinski definition) is 7. The lowest BCUT2D eigenvalue weighted by Crippen LogP contribution is -2.43. The number of nitrogens with two attached hydrogens (primary N) is 1. The fraction of sp³-hybridized carbons (Fsp3) is 0.480. The van der Waals surface area contributed by atoms with Gasteiger partial charge in [0, 0.05) is 31.7 Å². The monoisotopic (exact) mass is 581 g/mol. The summed E-state index contributed by atoms with van der Waals surface area (Å²) in [6.45, 7) is 5.88. The third-order valence-electron chi connectivity index (χ3n) is 6.05. The molecule has 0 unspecified atom stereocenters. The number of rotatable bonds is 8. The van der Waals surface area contributed by atoms with Crippen LogP contribution in [0.4, 0.5) is 0 Å². The van der Waals surface area contributed by atoms with Crippen LogP contribution in [0, 0.1) is 16.7 Å². The molecule has 0 bridgehead atoms. The first-order chi connectivity index (χ1) is 16.4. The first-order valence-electron chi connectivity index (χ1n) is 11.2. The predicted octanol–water partition coefficient (Wildman–Crippen LogP) is 4.27. The number of carbonyl (C=O) groups excluding carboxylic acids is 2. The molecule has 3 rings (SSSR count). The van der Waals surface area contributed by atoms with E-state index in [4.69, 9.17) is 22.1 Å². The van der Waals surface area contributed by atoms with Crippen LogP contribution in [0.15, 0.2) is 40.2 Å². The zero-order valence-electron chi connectivity index (χ0n) is 19.8. The number of esters is 1. The number of aliphatic hydroxyl groups excluding tert-OH is 1. The lowest BCUT2D eigenvalue weighted by molar-refractivity contribution is -0.150. The van der Waals surface area contributed by atoms with Crippen molar-refractivity contribution in [3.63, 3.8) is 0 Å². The number of hydrogen-bond donors (Lipinski definition) is 3. The number of primary amides is 1. The van der Waals surface area contributed by atoms with Crippen molar-refractivity contribution in [2.45, 2.75) is 63.1 Å². The summed E-state index contributed by atoms with van der Waals surface area (Å²) in [7, 11) is 0. The van der Waals surface area contributed by atoms with E-state index in [0.29, 0.717) is 11.4 Å². The van der Waals surface area contributed by atoms with Crippen LogP contribution in [-0.4, -0.2) is 41.8 Å². The van der Waals surface area contributed by atoms with E-state index in [2.05, 4.69) is 48.1 Å². The number of ether oxygens (including phenoxy) is 1. The van der Waals surface area contributed by atoms with Gasteiger partial charge in [-0.05, 0) is 51.5 Å². The fourth-order valence-electron chi connectivity index (χ4n) is 4.73. The average Bonchev–Trinajstić information content (AvgIpc) is 3.32. The lowest BCUT2D eigenvalue weighted by Gasteiger charge is -2.36. The van der Waals surface area contributed by atoms with Gasteiger partial charge in [-0.25, -0.2) is 0 Å². The van der Waals surface area contributed by atoms with E-state index in [1.54, 1.807) is 18.2 Å². The predicted molar refractivity (Wildman–Crippen MR) is 139 cm³/mol. The Kier molecular flexibility index (Phi) is 8.66. The van der Waals surface area contributed by atoms with Crippen molar-refractivity contribution in [3.05, 3.63) is 55.6 Å². The highest BCUT2D eigenvalue weighted by molar-refractivity contribution is 9.10. The van der Waals surface area contributed by atoms with Gasteiger partial charge < -0.3 is 15.6 Å². The van der Waals surface area contributed by atoms with E-state index in [1.807, 2.05) is 17.5 Å². The second-order valence-corrected chi connectivity index (χ2v) is 12.3.